The number of benzene rings is 1. The Morgan fingerprint density at radius 2 is 2.14 bits per heavy atom. The number of nitro benzene ring substituents is 1. The van der Waals surface area contributed by atoms with Gasteiger partial charge in [0.05, 0.1) is 17.7 Å². The normalized spacial score (nSPS) is 10.2. The van der Waals surface area contributed by atoms with Crippen molar-refractivity contribution in [2.75, 3.05) is 12.4 Å². The van der Waals surface area contributed by atoms with E-state index in [2.05, 4.69) is 10.3 Å². The number of hydrogen-bond acceptors (Lipinski definition) is 6. The highest BCUT2D eigenvalue weighted by atomic mass is 32.1. The molecule has 0 radical (unpaired) electrons. The summed E-state index contributed by atoms with van der Waals surface area (Å²) in [5.41, 5.74) is 0.765. The van der Waals surface area contributed by atoms with Crippen LogP contribution in [0.15, 0.2) is 18.2 Å². The summed E-state index contributed by atoms with van der Waals surface area (Å²) in [6.07, 6.45) is 0. The molecule has 8 heteroatoms. The Morgan fingerprint density at radius 3 is 2.67 bits per heavy atom. The van der Waals surface area contributed by atoms with Crippen LogP contribution in [0.4, 0.5) is 10.8 Å². The minimum absolute atomic E-state index is 0.109. The Bertz CT molecular complexity index is 692. The lowest BCUT2D eigenvalue weighted by Crippen LogP contribution is -2.12. The van der Waals surface area contributed by atoms with E-state index in [0.717, 1.165) is 10.6 Å². The van der Waals surface area contributed by atoms with E-state index in [-0.39, 0.29) is 17.0 Å². The first-order chi connectivity index (χ1) is 9.92. The molecule has 0 aliphatic rings. The van der Waals surface area contributed by atoms with Gasteiger partial charge in [0.2, 0.25) is 0 Å². The molecule has 7 nitrogen and oxygen atoms in total. The lowest BCUT2D eigenvalue weighted by Gasteiger charge is -2.04. The number of anilines is 1. The third kappa shape index (κ3) is 3.16. The van der Waals surface area contributed by atoms with E-state index in [1.807, 2.05) is 13.8 Å². The summed E-state index contributed by atoms with van der Waals surface area (Å²) in [6, 6.07) is 4.04. The van der Waals surface area contributed by atoms with E-state index in [9.17, 15) is 14.9 Å². The zero-order chi connectivity index (χ0) is 15.6. The Hall–Kier alpha value is -2.48. The van der Waals surface area contributed by atoms with Crippen LogP contribution in [0, 0.1) is 24.0 Å². The molecule has 0 aliphatic heterocycles. The monoisotopic (exact) mass is 307 g/mol. The molecule has 1 N–H and O–H groups in total. The van der Waals surface area contributed by atoms with Crippen LogP contribution in [-0.2, 0) is 0 Å². The van der Waals surface area contributed by atoms with Gasteiger partial charge in [-0.2, -0.15) is 0 Å². The number of nitro groups is 1. The number of amides is 1. The van der Waals surface area contributed by atoms with E-state index in [4.69, 9.17) is 4.74 Å². The molecule has 0 bridgehead atoms. The standard InChI is InChI=1S/C13H13N3O4S/c1-7-8(2)21-13(14-7)15-12(17)9-4-5-11(20-3)10(6-9)16(18)19/h4-6H,1-3H3,(H,14,15,17). The summed E-state index contributed by atoms with van der Waals surface area (Å²) in [5.74, 6) is -0.341. The van der Waals surface area contributed by atoms with Gasteiger partial charge < -0.3 is 4.74 Å². The van der Waals surface area contributed by atoms with Gasteiger partial charge in [-0.15, -0.1) is 11.3 Å². The van der Waals surface area contributed by atoms with E-state index in [0.29, 0.717) is 5.13 Å². The molecule has 2 rings (SSSR count). The summed E-state index contributed by atoms with van der Waals surface area (Å²) in [5, 5.41) is 14.0. The molecule has 1 aromatic heterocycles. The minimum Gasteiger partial charge on any atom is -0.490 e. The van der Waals surface area contributed by atoms with Crippen molar-refractivity contribution in [1.29, 1.82) is 0 Å². The Morgan fingerprint density at radius 1 is 1.43 bits per heavy atom. The smallest absolute Gasteiger partial charge is 0.311 e. The second-order valence-electron chi connectivity index (χ2n) is 4.26. The van der Waals surface area contributed by atoms with Crippen molar-refractivity contribution >= 4 is 28.1 Å². The van der Waals surface area contributed by atoms with E-state index in [1.54, 1.807) is 0 Å². The molecular weight excluding hydrogens is 294 g/mol. The molecule has 0 spiro atoms. The lowest BCUT2D eigenvalue weighted by atomic mass is 10.2. The maximum absolute atomic E-state index is 12.1. The Labute approximate surface area is 124 Å². The maximum Gasteiger partial charge on any atom is 0.311 e. The number of rotatable bonds is 4. The van der Waals surface area contributed by atoms with Gasteiger partial charge in [-0.3, -0.25) is 20.2 Å². The van der Waals surface area contributed by atoms with Crippen molar-refractivity contribution in [2.24, 2.45) is 0 Å². The van der Waals surface area contributed by atoms with Crippen LogP contribution >= 0.6 is 11.3 Å². The number of aryl methyl sites for hydroxylation is 2. The van der Waals surface area contributed by atoms with Crippen molar-refractivity contribution in [1.82, 2.24) is 4.98 Å². The van der Waals surface area contributed by atoms with Gasteiger partial charge in [-0.05, 0) is 26.0 Å². The minimum atomic E-state index is -0.590. The van der Waals surface area contributed by atoms with E-state index in [1.165, 1.54) is 36.6 Å². The third-order valence-electron chi connectivity index (χ3n) is 2.89. The molecule has 0 saturated carbocycles. The SMILES string of the molecule is COc1ccc(C(=O)Nc2nc(C)c(C)s2)cc1[N+](=O)[O-]. The molecule has 1 aromatic carbocycles. The van der Waals surface area contributed by atoms with Crippen molar-refractivity contribution < 1.29 is 14.5 Å². The van der Waals surface area contributed by atoms with Crippen LogP contribution in [0.1, 0.15) is 20.9 Å². The van der Waals surface area contributed by atoms with Gasteiger partial charge in [-0.1, -0.05) is 0 Å². The lowest BCUT2D eigenvalue weighted by molar-refractivity contribution is -0.385. The van der Waals surface area contributed by atoms with Crippen molar-refractivity contribution in [3.05, 3.63) is 44.4 Å². The molecule has 1 heterocycles. The van der Waals surface area contributed by atoms with Crippen molar-refractivity contribution in [3.63, 3.8) is 0 Å². The summed E-state index contributed by atoms with van der Waals surface area (Å²) in [4.78, 5) is 27.7. The molecule has 110 valence electrons. The second-order valence-corrected chi connectivity index (χ2v) is 5.46. The molecule has 0 fully saturated rings. The fraction of sp³-hybridized carbons (Fsp3) is 0.231. The summed E-state index contributed by atoms with van der Waals surface area (Å²) in [6.45, 7) is 3.75. The number of carbonyl (C=O) groups excluding carboxylic acids is 1. The fourth-order valence-electron chi connectivity index (χ4n) is 1.67. The van der Waals surface area contributed by atoms with Gasteiger partial charge in [0.25, 0.3) is 5.91 Å². The number of hydrogen-bond donors (Lipinski definition) is 1. The first-order valence-electron chi connectivity index (χ1n) is 6.00. The van der Waals surface area contributed by atoms with Gasteiger partial charge in [0.1, 0.15) is 0 Å². The van der Waals surface area contributed by atoms with Crippen LogP contribution in [-0.4, -0.2) is 22.9 Å². The number of carbonyl (C=O) groups is 1. The number of ether oxygens (including phenoxy) is 1. The predicted octanol–water partition coefficient (Wildman–Crippen LogP) is 2.93. The summed E-state index contributed by atoms with van der Waals surface area (Å²) < 4.78 is 4.90. The van der Waals surface area contributed by atoms with Crippen LogP contribution in [0.25, 0.3) is 0 Å². The van der Waals surface area contributed by atoms with Crippen LogP contribution in [0.2, 0.25) is 0 Å². The third-order valence-corrected chi connectivity index (χ3v) is 3.88. The molecular formula is C13H13N3O4S. The molecule has 0 atom stereocenters. The molecule has 0 saturated heterocycles. The topological polar surface area (TPSA) is 94.4 Å². The average Bonchev–Trinajstić information content (AvgIpc) is 2.76. The first-order valence-corrected chi connectivity index (χ1v) is 6.82. The molecule has 21 heavy (non-hydrogen) atoms. The number of thiazole rings is 1. The average molecular weight is 307 g/mol. The fourth-order valence-corrected chi connectivity index (χ4v) is 2.48. The van der Waals surface area contributed by atoms with Gasteiger partial charge >= 0.3 is 5.69 Å². The number of methoxy groups -OCH3 is 1. The maximum atomic E-state index is 12.1. The summed E-state index contributed by atoms with van der Waals surface area (Å²) >= 11 is 1.35. The largest absolute Gasteiger partial charge is 0.490 e. The predicted molar refractivity (Wildman–Crippen MR) is 79.2 cm³/mol. The Kier molecular flexibility index (Phi) is 4.18. The number of nitrogens with one attached hydrogen (secondary N) is 1. The second kappa shape index (κ2) is 5.88. The number of nitrogens with zero attached hydrogens (tertiary/aromatic N) is 2. The molecule has 2 aromatic rings. The molecule has 0 unspecified atom stereocenters. The highest BCUT2D eigenvalue weighted by molar-refractivity contribution is 7.15. The van der Waals surface area contributed by atoms with E-state index >= 15 is 0 Å². The summed E-state index contributed by atoms with van der Waals surface area (Å²) in [7, 11) is 1.34. The van der Waals surface area contributed by atoms with Crippen LogP contribution in [0.5, 0.6) is 5.75 Å². The first kappa shape index (κ1) is 14.9. The highest BCUT2D eigenvalue weighted by Crippen LogP contribution is 2.28. The Balaban J connectivity index is 2.27. The van der Waals surface area contributed by atoms with Crippen LogP contribution < -0.4 is 10.1 Å². The highest BCUT2D eigenvalue weighted by Gasteiger charge is 2.19. The van der Waals surface area contributed by atoms with Crippen molar-refractivity contribution in [2.45, 2.75) is 13.8 Å². The zero-order valence-electron chi connectivity index (χ0n) is 11.7. The zero-order valence-corrected chi connectivity index (χ0v) is 12.5. The van der Waals surface area contributed by atoms with Gasteiger partial charge in [0, 0.05) is 16.5 Å². The quantitative estimate of drug-likeness (QED) is 0.692. The number of aromatic nitrogens is 1. The van der Waals surface area contributed by atoms with E-state index < -0.39 is 10.8 Å². The van der Waals surface area contributed by atoms with Gasteiger partial charge in [-0.25, -0.2) is 4.98 Å². The van der Waals surface area contributed by atoms with Crippen LogP contribution in [0.3, 0.4) is 0 Å². The molecule has 1 amide bonds. The van der Waals surface area contributed by atoms with Crippen molar-refractivity contribution in [3.8, 4) is 5.75 Å². The molecule has 0 aliphatic carbocycles. The van der Waals surface area contributed by atoms with Gasteiger partial charge in [0.15, 0.2) is 10.9 Å².